The van der Waals surface area contributed by atoms with Gasteiger partial charge >= 0.3 is 0 Å². The molecule has 0 unspecified atom stereocenters. The Morgan fingerprint density at radius 1 is 1.10 bits per heavy atom. The van der Waals surface area contributed by atoms with Crippen LogP contribution in [-0.2, 0) is 11.3 Å². The maximum absolute atomic E-state index is 11.7. The zero-order valence-corrected chi connectivity index (χ0v) is 17.1. The normalized spacial score (nSPS) is 14.9. The zero-order chi connectivity index (χ0) is 21.4. The average molecular weight is 413 g/mol. The van der Waals surface area contributed by atoms with Crippen molar-refractivity contribution in [3.8, 4) is 17.5 Å². The number of hydrogen-bond donors (Lipinski definition) is 3. The summed E-state index contributed by atoms with van der Waals surface area (Å²) in [5.74, 6) is 0.0238. The van der Waals surface area contributed by atoms with Crippen LogP contribution in [0.1, 0.15) is 11.1 Å². The molecule has 1 fully saturated rings. The number of hydrogen-bond acceptors (Lipinski definition) is 5. The maximum atomic E-state index is 11.7. The number of nitrogens with zero attached hydrogens (tertiary/aromatic N) is 4. The molecule has 4 N–H and O–H groups in total. The lowest BCUT2D eigenvalue weighted by atomic mass is 10.1. The van der Waals surface area contributed by atoms with Crippen LogP contribution in [0.4, 0.5) is 0 Å². The number of amides is 1. The molecule has 0 aliphatic carbocycles. The van der Waals surface area contributed by atoms with Gasteiger partial charge in [0.1, 0.15) is 5.69 Å². The maximum Gasteiger partial charge on any atom is 0.236 e. The topological polar surface area (TPSA) is 118 Å². The summed E-state index contributed by atoms with van der Waals surface area (Å²) in [6.45, 7) is 4.09. The van der Waals surface area contributed by atoms with Crippen molar-refractivity contribution in [2.75, 3.05) is 32.7 Å². The van der Waals surface area contributed by atoms with E-state index in [1.165, 1.54) is 5.56 Å². The van der Waals surface area contributed by atoms with Gasteiger partial charge < -0.3 is 15.6 Å². The second-order valence-corrected chi connectivity index (χ2v) is 7.91. The van der Waals surface area contributed by atoms with Crippen molar-refractivity contribution in [2.24, 2.45) is 5.73 Å². The summed E-state index contributed by atoms with van der Waals surface area (Å²) in [5.41, 5.74) is 11.0. The summed E-state index contributed by atoms with van der Waals surface area (Å²) < 4.78 is 0. The molecule has 1 amide bonds. The monoisotopic (exact) mass is 413 g/mol. The van der Waals surface area contributed by atoms with E-state index < -0.39 is 0 Å². The molecule has 2 aromatic carbocycles. The molecule has 5 rings (SSSR count). The third kappa shape index (κ3) is 3.65. The first kappa shape index (κ1) is 19.3. The van der Waals surface area contributed by atoms with E-state index in [2.05, 4.69) is 50.4 Å². The summed E-state index contributed by atoms with van der Waals surface area (Å²) in [6, 6.07) is 16.3. The van der Waals surface area contributed by atoms with Gasteiger partial charge in [-0.25, -0.2) is 0 Å². The Kier molecular flexibility index (Phi) is 4.90. The number of H-pyrrole nitrogens is 2. The van der Waals surface area contributed by atoms with Crippen LogP contribution in [0, 0.1) is 11.3 Å². The minimum absolute atomic E-state index is 0.0238. The van der Waals surface area contributed by atoms with Gasteiger partial charge in [0.2, 0.25) is 5.91 Å². The van der Waals surface area contributed by atoms with Gasteiger partial charge in [0.15, 0.2) is 0 Å². The fraction of sp³-hybridized carbons (Fsp3) is 0.261. The van der Waals surface area contributed by atoms with Crippen LogP contribution in [0.3, 0.4) is 0 Å². The molecule has 0 saturated carbocycles. The molecule has 1 saturated heterocycles. The smallest absolute Gasteiger partial charge is 0.236 e. The Morgan fingerprint density at radius 2 is 1.94 bits per heavy atom. The SMILES string of the molecule is N#Cc1ccc2c(-c3cc4cc(CN5CCN(C(=O)CN)CC5)ccc4[nH]3)n[nH]c2c1. The lowest BCUT2D eigenvalue weighted by Gasteiger charge is -2.34. The predicted octanol–water partition coefficient (Wildman–Crippen LogP) is 2.19. The lowest BCUT2D eigenvalue weighted by molar-refractivity contribution is -0.131. The first-order valence-corrected chi connectivity index (χ1v) is 10.3. The molecular formula is C23H23N7O. The molecule has 0 atom stereocenters. The van der Waals surface area contributed by atoms with Gasteiger partial charge in [-0.1, -0.05) is 6.07 Å². The van der Waals surface area contributed by atoms with Crippen LogP contribution in [0.15, 0.2) is 42.5 Å². The van der Waals surface area contributed by atoms with Crippen molar-refractivity contribution in [3.05, 3.63) is 53.6 Å². The van der Waals surface area contributed by atoms with Crippen LogP contribution in [0.5, 0.6) is 0 Å². The van der Waals surface area contributed by atoms with Gasteiger partial charge in [-0.15, -0.1) is 0 Å². The van der Waals surface area contributed by atoms with Crippen molar-refractivity contribution >= 4 is 27.7 Å². The molecule has 31 heavy (non-hydrogen) atoms. The number of carbonyl (C=O) groups is 1. The van der Waals surface area contributed by atoms with E-state index >= 15 is 0 Å². The van der Waals surface area contributed by atoms with Crippen molar-refractivity contribution in [2.45, 2.75) is 6.54 Å². The van der Waals surface area contributed by atoms with Gasteiger partial charge in [-0.2, -0.15) is 10.4 Å². The lowest BCUT2D eigenvalue weighted by Crippen LogP contribution is -2.49. The second-order valence-electron chi connectivity index (χ2n) is 7.91. The van der Waals surface area contributed by atoms with Crippen LogP contribution in [0.2, 0.25) is 0 Å². The van der Waals surface area contributed by atoms with E-state index in [1.807, 2.05) is 23.1 Å². The Hall–Kier alpha value is -3.67. The summed E-state index contributed by atoms with van der Waals surface area (Å²) in [5, 5.41) is 18.7. The number of nitriles is 1. The number of nitrogens with two attached hydrogens (primary N) is 1. The molecule has 8 nitrogen and oxygen atoms in total. The molecule has 2 aromatic heterocycles. The largest absolute Gasteiger partial charge is 0.353 e. The Balaban J connectivity index is 1.35. The van der Waals surface area contributed by atoms with Crippen LogP contribution < -0.4 is 5.73 Å². The van der Waals surface area contributed by atoms with E-state index in [0.717, 1.165) is 65.9 Å². The van der Waals surface area contributed by atoms with Crippen LogP contribution >= 0.6 is 0 Å². The average Bonchev–Trinajstić information content (AvgIpc) is 3.42. The van der Waals surface area contributed by atoms with Gasteiger partial charge in [0.05, 0.1) is 29.4 Å². The first-order valence-electron chi connectivity index (χ1n) is 10.3. The molecule has 156 valence electrons. The fourth-order valence-electron chi connectivity index (χ4n) is 4.25. The molecule has 1 aliphatic rings. The van der Waals surface area contributed by atoms with Gasteiger partial charge in [-0.3, -0.25) is 14.8 Å². The molecule has 4 aromatic rings. The summed E-state index contributed by atoms with van der Waals surface area (Å²) in [4.78, 5) is 19.4. The van der Waals surface area contributed by atoms with E-state index in [4.69, 9.17) is 11.0 Å². The molecule has 0 radical (unpaired) electrons. The quantitative estimate of drug-likeness (QED) is 0.474. The van der Waals surface area contributed by atoms with E-state index in [0.29, 0.717) is 5.56 Å². The van der Waals surface area contributed by atoms with Crippen molar-refractivity contribution in [1.29, 1.82) is 5.26 Å². The number of fused-ring (bicyclic) bond motifs is 2. The second kappa shape index (κ2) is 7.87. The molecule has 0 bridgehead atoms. The number of benzene rings is 2. The van der Waals surface area contributed by atoms with Crippen LogP contribution in [0.25, 0.3) is 33.2 Å². The molecule has 8 heteroatoms. The number of carbonyl (C=O) groups excluding carboxylic acids is 1. The summed E-state index contributed by atoms with van der Waals surface area (Å²) in [6.07, 6.45) is 0. The molecule has 0 spiro atoms. The minimum atomic E-state index is 0.0238. The van der Waals surface area contributed by atoms with Crippen LogP contribution in [-0.4, -0.2) is 63.6 Å². The minimum Gasteiger partial charge on any atom is -0.353 e. The Morgan fingerprint density at radius 3 is 2.71 bits per heavy atom. The van der Waals surface area contributed by atoms with E-state index in [9.17, 15) is 4.79 Å². The third-order valence-corrected chi connectivity index (χ3v) is 5.94. The Labute approximate surface area is 179 Å². The summed E-state index contributed by atoms with van der Waals surface area (Å²) >= 11 is 0. The van der Waals surface area contributed by atoms with Crippen molar-refractivity contribution in [1.82, 2.24) is 25.0 Å². The number of nitrogens with one attached hydrogen (secondary N) is 2. The predicted molar refractivity (Wildman–Crippen MR) is 119 cm³/mol. The van der Waals surface area contributed by atoms with Gasteiger partial charge in [-0.05, 0) is 42.0 Å². The van der Waals surface area contributed by atoms with Gasteiger partial charge in [0.25, 0.3) is 0 Å². The number of piperazine rings is 1. The third-order valence-electron chi connectivity index (χ3n) is 5.94. The first-order chi connectivity index (χ1) is 15.1. The standard InChI is InChI=1S/C23H23N7O/c24-12-15-1-3-18-20(10-15)27-28-23(18)21-11-17-9-16(2-4-19(17)26-21)14-29-5-7-30(8-6-29)22(31)13-25/h1-4,9-11,26H,5-8,13-14,25H2,(H,27,28). The highest BCUT2D eigenvalue weighted by atomic mass is 16.2. The van der Waals surface area contributed by atoms with E-state index in [-0.39, 0.29) is 12.5 Å². The number of aromatic amines is 2. The molecular weight excluding hydrogens is 390 g/mol. The highest BCUT2D eigenvalue weighted by Gasteiger charge is 2.20. The Bertz CT molecular complexity index is 1300. The van der Waals surface area contributed by atoms with Gasteiger partial charge in [0, 0.05) is 49.0 Å². The van der Waals surface area contributed by atoms with E-state index in [1.54, 1.807) is 0 Å². The fourth-order valence-corrected chi connectivity index (χ4v) is 4.25. The molecule has 3 heterocycles. The highest BCUT2D eigenvalue weighted by Crippen LogP contribution is 2.29. The molecule has 1 aliphatic heterocycles. The number of aromatic nitrogens is 3. The highest BCUT2D eigenvalue weighted by molar-refractivity contribution is 5.96. The zero-order valence-electron chi connectivity index (χ0n) is 17.1. The summed E-state index contributed by atoms with van der Waals surface area (Å²) in [7, 11) is 0. The van der Waals surface area contributed by atoms with Crippen molar-refractivity contribution in [3.63, 3.8) is 0 Å². The van der Waals surface area contributed by atoms with Crippen molar-refractivity contribution < 1.29 is 4.79 Å². The number of rotatable bonds is 4.